The maximum Gasteiger partial charge on any atom is 0.269 e. The molecule has 0 saturated heterocycles. The molecule has 3 rings (SSSR count). The van der Waals surface area contributed by atoms with E-state index in [1.807, 2.05) is 10.9 Å². The molecule has 6 nitrogen and oxygen atoms in total. The molecule has 1 N–H and O–H groups in total. The molecule has 2 aromatic rings. The molecule has 0 aromatic carbocycles. The van der Waals surface area contributed by atoms with Gasteiger partial charge in [-0.15, -0.1) is 0 Å². The van der Waals surface area contributed by atoms with Crippen LogP contribution in [0.2, 0.25) is 0 Å². The summed E-state index contributed by atoms with van der Waals surface area (Å²) in [6.07, 6.45) is 4.33. The third-order valence-electron chi connectivity index (χ3n) is 3.28. The van der Waals surface area contributed by atoms with E-state index in [0.717, 1.165) is 18.6 Å². The Labute approximate surface area is 116 Å². The molecule has 1 aliphatic heterocycles. The lowest BCUT2D eigenvalue weighted by molar-refractivity contribution is 0.0945. The fourth-order valence-corrected chi connectivity index (χ4v) is 2.27. The van der Waals surface area contributed by atoms with Crippen LogP contribution in [-0.4, -0.2) is 33.8 Å². The van der Waals surface area contributed by atoms with Crippen LogP contribution < -0.4 is 5.32 Å². The van der Waals surface area contributed by atoms with Crippen LogP contribution in [0.15, 0.2) is 30.6 Å². The summed E-state index contributed by atoms with van der Waals surface area (Å²) in [5, 5.41) is 7.19. The molecule has 0 atom stereocenters. The summed E-state index contributed by atoms with van der Waals surface area (Å²) in [6, 6.07) is 5.28. The lowest BCUT2D eigenvalue weighted by Gasteiger charge is -2.14. The molecule has 0 bridgehead atoms. The lowest BCUT2D eigenvalue weighted by atomic mass is 10.2. The molecule has 0 saturated carbocycles. The Morgan fingerprint density at radius 2 is 2.40 bits per heavy atom. The van der Waals surface area contributed by atoms with Crippen molar-refractivity contribution in [3.8, 4) is 0 Å². The van der Waals surface area contributed by atoms with Gasteiger partial charge in [0.2, 0.25) is 0 Å². The van der Waals surface area contributed by atoms with Crippen LogP contribution in [0, 0.1) is 0 Å². The Hall–Kier alpha value is -2.21. The Balaban J connectivity index is 1.55. The van der Waals surface area contributed by atoms with Gasteiger partial charge in [-0.2, -0.15) is 5.10 Å². The van der Waals surface area contributed by atoms with E-state index in [2.05, 4.69) is 15.4 Å². The molecule has 0 spiro atoms. The minimum Gasteiger partial charge on any atom is -0.376 e. The summed E-state index contributed by atoms with van der Waals surface area (Å²) in [5.74, 6) is -0.157. The lowest BCUT2D eigenvalue weighted by Crippen LogP contribution is -2.29. The van der Waals surface area contributed by atoms with E-state index in [0.29, 0.717) is 25.4 Å². The van der Waals surface area contributed by atoms with Gasteiger partial charge in [0.15, 0.2) is 0 Å². The van der Waals surface area contributed by atoms with E-state index in [1.165, 1.54) is 5.69 Å². The Kier molecular flexibility index (Phi) is 3.73. The third-order valence-corrected chi connectivity index (χ3v) is 3.28. The maximum atomic E-state index is 11.8. The monoisotopic (exact) mass is 272 g/mol. The fraction of sp³-hybridized carbons (Fsp3) is 0.357. The average molecular weight is 272 g/mol. The van der Waals surface area contributed by atoms with Crippen molar-refractivity contribution in [2.75, 3.05) is 13.2 Å². The van der Waals surface area contributed by atoms with Gasteiger partial charge in [-0.3, -0.25) is 14.5 Å². The second-order valence-electron chi connectivity index (χ2n) is 4.61. The molecule has 6 heteroatoms. The van der Waals surface area contributed by atoms with E-state index in [4.69, 9.17) is 4.74 Å². The molecular formula is C14H16N4O2. The SMILES string of the molecule is O=C(NCCn1ncc2c1CCOC2)c1ccccn1. The number of fused-ring (bicyclic) bond motifs is 1. The van der Waals surface area contributed by atoms with Crippen LogP contribution in [-0.2, 0) is 24.3 Å². The highest BCUT2D eigenvalue weighted by Gasteiger charge is 2.15. The molecule has 2 aromatic heterocycles. The van der Waals surface area contributed by atoms with Gasteiger partial charge in [0, 0.05) is 30.4 Å². The summed E-state index contributed by atoms with van der Waals surface area (Å²) in [6.45, 7) is 2.56. The predicted octanol–water partition coefficient (Wildman–Crippen LogP) is 0.781. The highest BCUT2D eigenvalue weighted by molar-refractivity contribution is 5.92. The number of amides is 1. The first-order valence-corrected chi connectivity index (χ1v) is 6.65. The van der Waals surface area contributed by atoms with Crippen molar-refractivity contribution in [1.29, 1.82) is 0 Å². The number of hydrogen-bond acceptors (Lipinski definition) is 4. The van der Waals surface area contributed by atoms with Crippen molar-refractivity contribution in [1.82, 2.24) is 20.1 Å². The van der Waals surface area contributed by atoms with Gasteiger partial charge in [0.05, 0.1) is 26.0 Å². The van der Waals surface area contributed by atoms with Crippen LogP contribution in [0.25, 0.3) is 0 Å². The van der Waals surface area contributed by atoms with Crippen molar-refractivity contribution in [3.63, 3.8) is 0 Å². The van der Waals surface area contributed by atoms with Crippen LogP contribution in [0.1, 0.15) is 21.7 Å². The van der Waals surface area contributed by atoms with Gasteiger partial charge < -0.3 is 10.1 Å². The number of rotatable bonds is 4. The smallest absolute Gasteiger partial charge is 0.269 e. The van der Waals surface area contributed by atoms with Crippen LogP contribution in [0.3, 0.4) is 0 Å². The zero-order valence-corrected chi connectivity index (χ0v) is 11.1. The van der Waals surface area contributed by atoms with Crippen molar-refractivity contribution in [2.24, 2.45) is 0 Å². The third kappa shape index (κ3) is 2.70. The van der Waals surface area contributed by atoms with Gasteiger partial charge in [-0.25, -0.2) is 0 Å². The van der Waals surface area contributed by atoms with E-state index in [1.54, 1.807) is 24.4 Å². The minimum absolute atomic E-state index is 0.157. The van der Waals surface area contributed by atoms with Gasteiger partial charge >= 0.3 is 0 Å². The van der Waals surface area contributed by atoms with Gasteiger partial charge in [-0.1, -0.05) is 6.07 Å². The summed E-state index contributed by atoms with van der Waals surface area (Å²) in [5.41, 5.74) is 2.79. The number of nitrogens with zero attached hydrogens (tertiary/aromatic N) is 3. The molecule has 20 heavy (non-hydrogen) atoms. The zero-order valence-electron chi connectivity index (χ0n) is 11.1. The topological polar surface area (TPSA) is 69.0 Å². The molecule has 0 radical (unpaired) electrons. The molecule has 0 aliphatic carbocycles. The number of carbonyl (C=O) groups is 1. The first kappa shape index (κ1) is 12.8. The zero-order chi connectivity index (χ0) is 13.8. The van der Waals surface area contributed by atoms with Crippen molar-refractivity contribution >= 4 is 5.91 Å². The Morgan fingerprint density at radius 3 is 3.25 bits per heavy atom. The first-order valence-electron chi connectivity index (χ1n) is 6.65. The van der Waals surface area contributed by atoms with Crippen LogP contribution in [0.5, 0.6) is 0 Å². The Morgan fingerprint density at radius 1 is 1.45 bits per heavy atom. The normalized spacial score (nSPS) is 13.8. The quantitative estimate of drug-likeness (QED) is 0.893. The molecule has 1 aliphatic rings. The van der Waals surface area contributed by atoms with E-state index >= 15 is 0 Å². The number of hydrogen-bond donors (Lipinski definition) is 1. The fourth-order valence-electron chi connectivity index (χ4n) is 2.27. The van der Waals surface area contributed by atoms with Gasteiger partial charge in [-0.05, 0) is 12.1 Å². The molecular weight excluding hydrogens is 256 g/mol. The average Bonchev–Trinajstić information content (AvgIpc) is 2.92. The summed E-state index contributed by atoms with van der Waals surface area (Å²) in [4.78, 5) is 15.9. The van der Waals surface area contributed by atoms with E-state index in [9.17, 15) is 4.79 Å². The molecule has 104 valence electrons. The minimum atomic E-state index is -0.157. The largest absolute Gasteiger partial charge is 0.376 e. The standard InChI is InChI=1S/C14H16N4O2/c19-14(12-3-1-2-5-15-12)16-6-7-18-13-4-8-20-10-11(13)9-17-18/h1-3,5,9H,4,6-8,10H2,(H,16,19). The Bertz CT molecular complexity index is 594. The predicted molar refractivity (Wildman–Crippen MR) is 72.2 cm³/mol. The molecule has 0 fully saturated rings. The molecule has 0 unspecified atom stereocenters. The van der Waals surface area contributed by atoms with E-state index in [-0.39, 0.29) is 5.91 Å². The summed E-state index contributed by atoms with van der Waals surface area (Å²) >= 11 is 0. The summed E-state index contributed by atoms with van der Waals surface area (Å²) < 4.78 is 7.32. The molecule has 3 heterocycles. The summed E-state index contributed by atoms with van der Waals surface area (Å²) in [7, 11) is 0. The van der Waals surface area contributed by atoms with Crippen LogP contribution >= 0.6 is 0 Å². The van der Waals surface area contributed by atoms with Gasteiger partial charge in [0.25, 0.3) is 5.91 Å². The maximum absolute atomic E-state index is 11.8. The van der Waals surface area contributed by atoms with Gasteiger partial charge in [0.1, 0.15) is 5.69 Å². The highest BCUT2D eigenvalue weighted by Crippen LogP contribution is 2.15. The number of pyridine rings is 1. The second kappa shape index (κ2) is 5.83. The van der Waals surface area contributed by atoms with Crippen molar-refractivity contribution in [2.45, 2.75) is 19.6 Å². The molecule has 1 amide bonds. The van der Waals surface area contributed by atoms with Crippen LogP contribution in [0.4, 0.5) is 0 Å². The van der Waals surface area contributed by atoms with Crippen molar-refractivity contribution in [3.05, 3.63) is 47.5 Å². The van der Waals surface area contributed by atoms with E-state index < -0.39 is 0 Å². The second-order valence-corrected chi connectivity index (χ2v) is 4.61. The van der Waals surface area contributed by atoms with Crippen molar-refractivity contribution < 1.29 is 9.53 Å². The first-order chi connectivity index (χ1) is 9.84. The number of nitrogens with one attached hydrogen (secondary N) is 1. The number of carbonyl (C=O) groups excluding carboxylic acids is 1. The number of aromatic nitrogens is 3. The highest BCUT2D eigenvalue weighted by atomic mass is 16.5. The number of ether oxygens (including phenoxy) is 1.